The second kappa shape index (κ2) is 6.17. The summed E-state index contributed by atoms with van der Waals surface area (Å²) in [5.74, 6) is -0.158. The smallest absolute Gasteiger partial charge is 0.0886 e. The standard InChI is InChI=1S/C11H22O3/c1-5-9(6-12)11(14)10(13)8(4)7(2)3/h5,7-14H,1,6H2,2-4H3. The Morgan fingerprint density at radius 3 is 1.93 bits per heavy atom. The van der Waals surface area contributed by atoms with Gasteiger partial charge in [-0.25, -0.2) is 0 Å². The van der Waals surface area contributed by atoms with Gasteiger partial charge in [0, 0.05) is 5.92 Å². The van der Waals surface area contributed by atoms with Gasteiger partial charge in [0.15, 0.2) is 0 Å². The largest absolute Gasteiger partial charge is 0.396 e. The van der Waals surface area contributed by atoms with Crippen LogP contribution in [0.3, 0.4) is 0 Å². The Balaban J connectivity index is 4.35. The van der Waals surface area contributed by atoms with Gasteiger partial charge in [-0.05, 0) is 11.8 Å². The second-order valence-electron chi connectivity index (χ2n) is 4.17. The van der Waals surface area contributed by atoms with Crippen molar-refractivity contribution < 1.29 is 15.3 Å². The quantitative estimate of drug-likeness (QED) is 0.558. The molecule has 0 aromatic heterocycles. The summed E-state index contributed by atoms with van der Waals surface area (Å²) in [4.78, 5) is 0. The van der Waals surface area contributed by atoms with Crippen molar-refractivity contribution in [1.29, 1.82) is 0 Å². The molecule has 0 radical (unpaired) electrons. The summed E-state index contributed by atoms with van der Waals surface area (Å²) < 4.78 is 0. The van der Waals surface area contributed by atoms with E-state index in [1.807, 2.05) is 20.8 Å². The summed E-state index contributed by atoms with van der Waals surface area (Å²) in [5, 5.41) is 28.4. The molecule has 0 rings (SSSR count). The topological polar surface area (TPSA) is 60.7 Å². The molecule has 0 aromatic carbocycles. The molecule has 4 unspecified atom stereocenters. The van der Waals surface area contributed by atoms with Crippen molar-refractivity contribution in [3.05, 3.63) is 12.7 Å². The highest BCUT2D eigenvalue weighted by Gasteiger charge is 2.29. The maximum atomic E-state index is 9.78. The number of rotatable bonds is 6. The molecule has 0 aliphatic carbocycles. The fourth-order valence-electron chi connectivity index (χ4n) is 1.28. The van der Waals surface area contributed by atoms with Crippen LogP contribution in [0.25, 0.3) is 0 Å². The molecule has 0 spiro atoms. The molecular weight excluding hydrogens is 180 g/mol. The van der Waals surface area contributed by atoms with Crippen LogP contribution >= 0.6 is 0 Å². The van der Waals surface area contributed by atoms with Gasteiger partial charge >= 0.3 is 0 Å². The second-order valence-corrected chi connectivity index (χ2v) is 4.17. The average molecular weight is 202 g/mol. The monoisotopic (exact) mass is 202 g/mol. The Morgan fingerprint density at radius 2 is 1.64 bits per heavy atom. The molecule has 4 atom stereocenters. The van der Waals surface area contributed by atoms with E-state index in [0.717, 1.165) is 0 Å². The first-order chi connectivity index (χ1) is 6.45. The Kier molecular flexibility index (Phi) is 6.00. The first kappa shape index (κ1) is 13.6. The number of aliphatic hydroxyl groups excluding tert-OH is 3. The zero-order valence-electron chi connectivity index (χ0n) is 9.22. The molecule has 84 valence electrons. The molecule has 0 saturated carbocycles. The maximum Gasteiger partial charge on any atom is 0.0886 e. The average Bonchev–Trinajstić information content (AvgIpc) is 2.17. The van der Waals surface area contributed by atoms with Crippen molar-refractivity contribution in [2.24, 2.45) is 17.8 Å². The number of hydrogen-bond acceptors (Lipinski definition) is 3. The fraction of sp³-hybridized carbons (Fsp3) is 0.818. The third-order valence-corrected chi connectivity index (χ3v) is 2.89. The van der Waals surface area contributed by atoms with Crippen LogP contribution in [-0.4, -0.2) is 34.1 Å². The summed E-state index contributed by atoms with van der Waals surface area (Å²) in [6, 6.07) is 0. The van der Waals surface area contributed by atoms with Gasteiger partial charge < -0.3 is 15.3 Å². The molecule has 3 heteroatoms. The lowest BCUT2D eigenvalue weighted by Crippen LogP contribution is -2.40. The minimum Gasteiger partial charge on any atom is -0.396 e. The van der Waals surface area contributed by atoms with Gasteiger partial charge in [0.1, 0.15) is 0 Å². The number of hydrogen-bond donors (Lipinski definition) is 3. The molecule has 0 saturated heterocycles. The van der Waals surface area contributed by atoms with Crippen LogP contribution in [0.15, 0.2) is 12.7 Å². The Bertz CT molecular complexity index is 168. The lowest BCUT2D eigenvalue weighted by molar-refractivity contribution is -0.0528. The van der Waals surface area contributed by atoms with Gasteiger partial charge in [0.25, 0.3) is 0 Å². The van der Waals surface area contributed by atoms with E-state index in [1.54, 1.807) is 0 Å². The van der Waals surface area contributed by atoms with E-state index in [9.17, 15) is 10.2 Å². The van der Waals surface area contributed by atoms with Crippen molar-refractivity contribution in [3.63, 3.8) is 0 Å². The first-order valence-electron chi connectivity index (χ1n) is 5.05. The third kappa shape index (κ3) is 3.40. The van der Waals surface area contributed by atoms with Gasteiger partial charge in [-0.3, -0.25) is 0 Å². The van der Waals surface area contributed by atoms with E-state index in [0.29, 0.717) is 5.92 Å². The van der Waals surface area contributed by atoms with Crippen molar-refractivity contribution in [3.8, 4) is 0 Å². The van der Waals surface area contributed by atoms with Crippen LogP contribution in [0.1, 0.15) is 20.8 Å². The van der Waals surface area contributed by atoms with Crippen LogP contribution in [0.5, 0.6) is 0 Å². The van der Waals surface area contributed by atoms with E-state index in [2.05, 4.69) is 6.58 Å². The predicted molar refractivity (Wildman–Crippen MR) is 56.8 cm³/mol. The molecule has 3 nitrogen and oxygen atoms in total. The Labute approximate surface area is 86.1 Å². The third-order valence-electron chi connectivity index (χ3n) is 2.89. The lowest BCUT2D eigenvalue weighted by atomic mass is 9.85. The predicted octanol–water partition coefficient (Wildman–Crippen LogP) is 0.795. The van der Waals surface area contributed by atoms with E-state index in [-0.39, 0.29) is 12.5 Å². The zero-order valence-corrected chi connectivity index (χ0v) is 9.22. The van der Waals surface area contributed by atoms with Gasteiger partial charge in [-0.1, -0.05) is 26.8 Å². The van der Waals surface area contributed by atoms with Gasteiger partial charge in [0.05, 0.1) is 18.8 Å². The van der Waals surface area contributed by atoms with Crippen LogP contribution < -0.4 is 0 Å². The fourth-order valence-corrected chi connectivity index (χ4v) is 1.28. The van der Waals surface area contributed by atoms with E-state index >= 15 is 0 Å². The molecule has 0 aliphatic heterocycles. The van der Waals surface area contributed by atoms with Crippen LogP contribution in [-0.2, 0) is 0 Å². The van der Waals surface area contributed by atoms with Crippen LogP contribution in [0, 0.1) is 17.8 Å². The molecule has 3 N–H and O–H groups in total. The molecule has 0 fully saturated rings. The highest BCUT2D eigenvalue weighted by Crippen LogP contribution is 2.21. The number of aliphatic hydroxyl groups is 3. The highest BCUT2D eigenvalue weighted by molar-refractivity contribution is 4.89. The molecule has 0 amide bonds. The minimum absolute atomic E-state index is 0.000926. The molecule has 14 heavy (non-hydrogen) atoms. The SMILES string of the molecule is C=CC(CO)C(O)C(O)C(C)C(C)C. The summed E-state index contributed by atoms with van der Waals surface area (Å²) in [5.41, 5.74) is 0. The Hall–Kier alpha value is -0.380. The molecule has 0 heterocycles. The Morgan fingerprint density at radius 1 is 1.14 bits per heavy atom. The summed E-state index contributed by atoms with van der Waals surface area (Å²) in [6.45, 7) is 9.18. The normalized spacial score (nSPS) is 20.2. The maximum absolute atomic E-state index is 9.78. The van der Waals surface area contributed by atoms with Crippen LogP contribution in [0.2, 0.25) is 0 Å². The highest BCUT2D eigenvalue weighted by atomic mass is 16.3. The van der Waals surface area contributed by atoms with Crippen LogP contribution in [0.4, 0.5) is 0 Å². The summed E-state index contributed by atoms with van der Waals surface area (Å²) in [7, 11) is 0. The molecular formula is C11H22O3. The van der Waals surface area contributed by atoms with Crippen molar-refractivity contribution in [2.75, 3.05) is 6.61 Å². The van der Waals surface area contributed by atoms with Crippen molar-refractivity contribution in [1.82, 2.24) is 0 Å². The summed E-state index contributed by atoms with van der Waals surface area (Å²) >= 11 is 0. The molecule has 0 bridgehead atoms. The summed E-state index contributed by atoms with van der Waals surface area (Å²) in [6.07, 6.45) is -0.277. The van der Waals surface area contributed by atoms with Gasteiger partial charge in [-0.15, -0.1) is 6.58 Å². The first-order valence-corrected chi connectivity index (χ1v) is 5.05. The zero-order chi connectivity index (χ0) is 11.3. The molecule has 0 aromatic rings. The van der Waals surface area contributed by atoms with E-state index in [1.165, 1.54) is 6.08 Å². The van der Waals surface area contributed by atoms with Crippen molar-refractivity contribution in [2.45, 2.75) is 33.0 Å². The van der Waals surface area contributed by atoms with E-state index < -0.39 is 18.1 Å². The lowest BCUT2D eigenvalue weighted by Gasteiger charge is -2.29. The van der Waals surface area contributed by atoms with Gasteiger partial charge in [-0.2, -0.15) is 0 Å². The molecule has 0 aliphatic rings. The minimum atomic E-state index is -0.935. The van der Waals surface area contributed by atoms with Gasteiger partial charge in [0.2, 0.25) is 0 Å². The van der Waals surface area contributed by atoms with E-state index in [4.69, 9.17) is 5.11 Å². The van der Waals surface area contributed by atoms with Crippen molar-refractivity contribution >= 4 is 0 Å².